The van der Waals surface area contributed by atoms with E-state index in [1.54, 1.807) is 23.6 Å². The van der Waals surface area contributed by atoms with Crippen LogP contribution in [0.2, 0.25) is 5.02 Å². The summed E-state index contributed by atoms with van der Waals surface area (Å²) in [6.45, 7) is 4.28. The second-order valence-electron chi connectivity index (χ2n) is 4.77. The van der Waals surface area contributed by atoms with Gasteiger partial charge < -0.3 is 10.2 Å². The van der Waals surface area contributed by atoms with E-state index in [9.17, 15) is 9.59 Å². The smallest absolute Gasteiger partial charge is 0.245 e. The zero-order chi connectivity index (χ0) is 14.2. The number of amides is 2. The van der Waals surface area contributed by atoms with Crippen molar-refractivity contribution in [2.75, 3.05) is 6.54 Å². The monoisotopic (exact) mass is 284 g/mol. The summed E-state index contributed by atoms with van der Waals surface area (Å²) < 4.78 is 1.68. The third-order valence-corrected chi connectivity index (χ3v) is 3.76. The molecule has 1 saturated heterocycles. The summed E-state index contributed by atoms with van der Waals surface area (Å²) in [4.78, 5) is 25.2. The quantitative estimate of drug-likeness (QED) is 0.866. The van der Waals surface area contributed by atoms with Crippen LogP contribution in [0.15, 0.2) is 0 Å². The van der Waals surface area contributed by atoms with Crippen LogP contribution in [-0.4, -0.2) is 39.1 Å². The molecule has 6 nitrogen and oxygen atoms in total. The summed E-state index contributed by atoms with van der Waals surface area (Å²) in [6.07, 6.45) is 0.310. The lowest BCUT2D eigenvalue weighted by molar-refractivity contribution is -0.133. The SMILES string of the molecule is Cc1nn(C)c(CN2CCC(=O)NC(C)C2=O)c1Cl. The first-order valence-corrected chi connectivity index (χ1v) is 6.54. The number of aryl methyl sites for hydroxylation is 2. The first-order chi connectivity index (χ1) is 8.90. The second-order valence-corrected chi connectivity index (χ2v) is 5.15. The Morgan fingerprint density at radius 1 is 1.47 bits per heavy atom. The fraction of sp³-hybridized carbons (Fsp3) is 0.583. The fourth-order valence-corrected chi connectivity index (χ4v) is 2.41. The van der Waals surface area contributed by atoms with E-state index < -0.39 is 6.04 Å². The molecule has 0 aromatic carbocycles. The minimum Gasteiger partial charge on any atom is -0.345 e. The van der Waals surface area contributed by atoms with Crippen LogP contribution in [-0.2, 0) is 23.2 Å². The number of nitrogens with zero attached hydrogens (tertiary/aromatic N) is 3. The van der Waals surface area contributed by atoms with E-state index in [-0.39, 0.29) is 11.8 Å². The lowest BCUT2D eigenvalue weighted by atomic mass is 10.2. The molecule has 1 N–H and O–H groups in total. The highest BCUT2D eigenvalue weighted by Gasteiger charge is 2.28. The molecular formula is C12H17ClN4O2. The van der Waals surface area contributed by atoms with Gasteiger partial charge in [0, 0.05) is 20.0 Å². The Bertz CT molecular complexity index is 526. The Morgan fingerprint density at radius 3 is 2.74 bits per heavy atom. The molecule has 0 bridgehead atoms. The van der Waals surface area contributed by atoms with E-state index in [1.807, 2.05) is 6.92 Å². The Morgan fingerprint density at radius 2 is 2.16 bits per heavy atom. The molecule has 1 aromatic rings. The maximum Gasteiger partial charge on any atom is 0.245 e. The van der Waals surface area contributed by atoms with Crippen LogP contribution in [0.5, 0.6) is 0 Å². The van der Waals surface area contributed by atoms with Crippen molar-refractivity contribution in [2.24, 2.45) is 7.05 Å². The van der Waals surface area contributed by atoms with E-state index in [2.05, 4.69) is 10.4 Å². The van der Waals surface area contributed by atoms with Crippen LogP contribution in [0.3, 0.4) is 0 Å². The number of halogens is 1. The highest BCUT2D eigenvalue weighted by molar-refractivity contribution is 6.31. The van der Waals surface area contributed by atoms with Gasteiger partial charge in [-0.25, -0.2) is 0 Å². The van der Waals surface area contributed by atoms with Crippen molar-refractivity contribution in [2.45, 2.75) is 32.9 Å². The molecule has 7 heteroatoms. The number of carbonyl (C=O) groups is 2. The van der Waals surface area contributed by atoms with Gasteiger partial charge in [0.1, 0.15) is 6.04 Å². The number of nitrogens with one attached hydrogen (secondary N) is 1. The summed E-state index contributed by atoms with van der Waals surface area (Å²) in [5.41, 5.74) is 1.53. The Labute approximate surface area is 116 Å². The summed E-state index contributed by atoms with van der Waals surface area (Å²) in [7, 11) is 1.79. The molecule has 0 spiro atoms. The molecule has 2 heterocycles. The number of carbonyl (C=O) groups excluding carboxylic acids is 2. The van der Waals surface area contributed by atoms with Gasteiger partial charge >= 0.3 is 0 Å². The Hall–Kier alpha value is -1.56. The molecule has 0 aliphatic carbocycles. The molecule has 0 radical (unpaired) electrons. The molecule has 1 atom stereocenters. The van der Waals surface area contributed by atoms with Crippen molar-refractivity contribution in [3.8, 4) is 0 Å². The first-order valence-electron chi connectivity index (χ1n) is 6.16. The third-order valence-electron chi connectivity index (χ3n) is 3.27. The van der Waals surface area contributed by atoms with Crippen molar-refractivity contribution in [1.29, 1.82) is 0 Å². The maximum atomic E-state index is 12.2. The van der Waals surface area contributed by atoms with Crippen molar-refractivity contribution >= 4 is 23.4 Å². The molecule has 2 rings (SSSR count). The van der Waals surface area contributed by atoms with E-state index in [0.29, 0.717) is 24.5 Å². The van der Waals surface area contributed by atoms with Gasteiger partial charge in [0.15, 0.2) is 0 Å². The van der Waals surface area contributed by atoms with Gasteiger partial charge in [-0.3, -0.25) is 14.3 Å². The molecule has 0 saturated carbocycles. The van der Waals surface area contributed by atoms with Crippen molar-refractivity contribution in [1.82, 2.24) is 20.0 Å². The molecule has 1 unspecified atom stereocenters. The molecule has 1 aliphatic heterocycles. The highest BCUT2D eigenvalue weighted by atomic mass is 35.5. The molecule has 1 aliphatic rings. The number of rotatable bonds is 2. The molecule has 1 aromatic heterocycles. The topological polar surface area (TPSA) is 67.2 Å². The van der Waals surface area contributed by atoms with E-state index >= 15 is 0 Å². The lowest BCUT2D eigenvalue weighted by Crippen LogP contribution is -2.42. The largest absolute Gasteiger partial charge is 0.345 e. The fourth-order valence-electron chi connectivity index (χ4n) is 2.19. The maximum absolute atomic E-state index is 12.2. The van der Waals surface area contributed by atoms with E-state index in [4.69, 9.17) is 11.6 Å². The van der Waals surface area contributed by atoms with Crippen LogP contribution in [0.1, 0.15) is 24.7 Å². The zero-order valence-corrected chi connectivity index (χ0v) is 12.0. The van der Waals surface area contributed by atoms with Gasteiger partial charge in [-0.15, -0.1) is 0 Å². The second kappa shape index (κ2) is 5.21. The van der Waals surface area contributed by atoms with Gasteiger partial charge in [-0.05, 0) is 13.8 Å². The number of aromatic nitrogens is 2. The van der Waals surface area contributed by atoms with Gasteiger partial charge in [0.05, 0.1) is 23.0 Å². The summed E-state index contributed by atoms with van der Waals surface area (Å²) in [5.74, 6) is -0.198. The highest BCUT2D eigenvalue weighted by Crippen LogP contribution is 2.21. The van der Waals surface area contributed by atoms with Crippen molar-refractivity contribution in [3.05, 3.63) is 16.4 Å². The normalized spacial score (nSPS) is 20.4. The molecule has 1 fully saturated rings. The van der Waals surface area contributed by atoms with E-state index in [1.165, 1.54) is 0 Å². The summed E-state index contributed by atoms with van der Waals surface area (Å²) >= 11 is 6.18. The van der Waals surface area contributed by atoms with Gasteiger partial charge in [-0.2, -0.15) is 5.10 Å². The van der Waals surface area contributed by atoms with Crippen LogP contribution >= 0.6 is 11.6 Å². The summed E-state index contributed by atoms with van der Waals surface area (Å²) in [5, 5.41) is 7.45. The Kier molecular flexibility index (Phi) is 3.80. The minimum atomic E-state index is -0.497. The van der Waals surface area contributed by atoms with Crippen molar-refractivity contribution in [3.63, 3.8) is 0 Å². The van der Waals surface area contributed by atoms with E-state index in [0.717, 1.165) is 11.4 Å². The zero-order valence-electron chi connectivity index (χ0n) is 11.2. The standard InChI is InChI=1S/C12H17ClN4O2/c1-7-11(13)9(16(3)15-7)6-17-5-4-10(18)14-8(2)12(17)19/h8H,4-6H2,1-3H3,(H,14,18). The predicted octanol–water partition coefficient (Wildman–Crippen LogP) is 0.619. The van der Waals surface area contributed by atoms with Gasteiger partial charge in [0.25, 0.3) is 0 Å². The average molecular weight is 285 g/mol. The lowest BCUT2D eigenvalue weighted by Gasteiger charge is -2.22. The van der Waals surface area contributed by atoms with Crippen LogP contribution < -0.4 is 5.32 Å². The molecule has 104 valence electrons. The number of hydrogen-bond donors (Lipinski definition) is 1. The third kappa shape index (κ3) is 2.73. The van der Waals surface area contributed by atoms with Crippen LogP contribution in [0.25, 0.3) is 0 Å². The van der Waals surface area contributed by atoms with Crippen LogP contribution in [0.4, 0.5) is 0 Å². The van der Waals surface area contributed by atoms with Gasteiger partial charge in [0.2, 0.25) is 11.8 Å². The average Bonchev–Trinajstić information content (AvgIpc) is 2.50. The molecular weight excluding hydrogens is 268 g/mol. The molecule has 2 amide bonds. The van der Waals surface area contributed by atoms with Crippen molar-refractivity contribution < 1.29 is 9.59 Å². The van der Waals surface area contributed by atoms with Gasteiger partial charge in [-0.1, -0.05) is 11.6 Å². The number of hydrogen-bond acceptors (Lipinski definition) is 3. The summed E-state index contributed by atoms with van der Waals surface area (Å²) in [6, 6.07) is -0.497. The molecule has 19 heavy (non-hydrogen) atoms. The first kappa shape index (κ1) is 13.9. The predicted molar refractivity (Wildman–Crippen MR) is 70.6 cm³/mol. The minimum absolute atomic E-state index is 0.0965. The Balaban J connectivity index is 2.21. The van der Waals surface area contributed by atoms with Crippen LogP contribution in [0, 0.1) is 6.92 Å².